The fourth-order valence-corrected chi connectivity index (χ4v) is 4.34. The maximum absolute atomic E-state index is 13.1. The van der Waals surface area contributed by atoms with E-state index in [4.69, 9.17) is 10.6 Å². The van der Waals surface area contributed by atoms with Gasteiger partial charge in [-0.2, -0.15) is 4.79 Å². The van der Waals surface area contributed by atoms with Crippen molar-refractivity contribution in [3.05, 3.63) is 5.53 Å². The van der Waals surface area contributed by atoms with E-state index in [0.29, 0.717) is 12.6 Å². The van der Waals surface area contributed by atoms with Gasteiger partial charge >= 0.3 is 12.2 Å². The minimum atomic E-state index is -3.78. The maximum atomic E-state index is 13.1. The lowest BCUT2D eigenvalue weighted by Gasteiger charge is -2.43. The summed E-state index contributed by atoms with van der Waals surface area (Å²) in [4.78, 5) is 64.1. The van der Waals surface area contributed by atoms with Crippen LogP contribution in [0.3, 0.4) is 0 Å². The van der Waals surface area contributed by atoms with E-state index >= 15 is 0 Å². The van der Waals surface area contributed by atoms with E-state index in [0.717, 1.165) is 16.3 Å². The first-order valence-corrected chi connectivity index (χ1v) is 11.7. The van der Waals surface area contributed by atoms with Gasteiger partial charge < -0.3 is 16.0 Å². The number of sulfonamides is 1. The van der Waals surface area contributed by atoms with Crippen LogP contribution in [0.5, 0.6) is 0 Å². The van der Waals surface area contributed by atoms with Crippen molar-refractivity contribution in [3.63, 3.8) is 0 Å². The monoisotopic (exact) mass is 472 g/mol. The second-order valence-corrected chi connectivity index (χ2v) is 9.26. The summed E-state index contributed by atoms with van der Waals surface area (Å²) >= 11 is 0. The molecule has 2 aliphatic rings. The fourth-order valence-electron chi connectivity index (χ4n) is 3.61. The summed E-state index contributed by atoms with van der Waals surface area (Å²) < 4.78 is 25.5. The number of aliphatic carboxylic acids is 1. The Balaban J connectivity index is 2.30. The van der Waals surface area contributed by atoms with Crippen LogP contribution in [-0.2, 0) is 34.0 Å². The molecule has 3 atom stereocenters. The predicted octanol–water partition coefficient (Wildman–Crippen LogP) is -2.35. The maximum Gasteiger partial charge on any atom is 0.325 e. The molecule has 2 aliphatic heterocycles. The van der Waals surface area contributed by atoms with E-state index in [-0.39, 0.29) is 32.2 Å². The van der Waals surface area contributed by atoms with E-state index in [1.165, 1.54) is 0 Å². The molecular weight excluding hydrogens is 448 g/mol. The third-order valence-corrected chi connectivity index (χ3v) is 5.72. The Morgan fingerprint density at radius 3 is 2.59 bits per heavy atom. The number of hydrogen-bond acceptors (Lipinski definition) is 7. The number of carboxylic acid groups (broad SMARTS) is 1. The van der Waals surface area contributed by atoms with Crippen LogP contribution in [0.1, 0.15) is 38.5 Å². The Morgan fingerprint density at radius 2 is 2.00 bits per heavy atom. The number of Topliss-reactive ketones (excluding diaryl/α,β-unsaturated/α-hetero) is 1. The van der Waals surface area contributed by atoms with E-state index < -0.39 is 64.0 Å². The summed E-state index contributed by atoms with van der Waals surface area (Å²) in [6, 6.07) is -3.82. The van der Waals surface area contributed by atoms with Crippen molar-refractivity contribution in [2.45, 2.75) is 56.7 Å². The average Bonchev–Trinajstić information content (AvgIpc) is 2.82. The van der Waals surface area contributed by atoms with Crippen LogP contribution in [0.15, 0.2) is 0 Å². The number of nitrogens with zero attached hydrogens (tertiary/aromatic N) is 4. The second kappa shape index (κ2) is 10.4. The van der Waals surface area contributed by atoms with Crippen LogP contribution >= 0.6 is 0 Å². The molecule has 3 N–H and O–H groups in total. The SMILES string of the molecule is CS(=O)(=O)N[C@H]1CCC(=O)N2CCC[C@@H](C(=O)N[C@@H](CCC(=O)O)C(=O)C=[N+]=[N-])N2C1=O. The van der Waals surface area contributed by atoms with Gasteiger partial charge in [0.1, 0.15) is 12.1 Å². The molecule has 15 heteroatoms. The zero-order chi connectivity index (χ0) is 24.1. The first kappa shape index (κ1) is 25.1. The first-order chi connectivity index (χ1) is 14.9. The Labute approximate surface area is 183 Å². The van der Waals surface area contributed by atoms with Crippen molar-refractivity contribution in [1.82, 2.24) is 20.1 Å². The largest absolute Gasteiger partial charge is 0.481 e. The number of hydrogen-bond donors (Lipinski definition) is 3. The number of amides is 3. The Kier molecular flexibility index (Phi) is 8.19. The molecule has 0 aromatic rings. The van der Waals surface area contributed by atoms with E-state index in [1.807, 2.05) is 0 Å². The van der Waals surface area contributed by atoms with Crippen LogP contribution in [-0.4, -0.2) is 94.9 Å². The number of rotatable bonds is 9. The lowest BCUT2D eigenvalue weighted by Crippen LogP contribution is -2.64. The average molecular weight is 472 g/mol. The number of carbonyl (C=O) groups excluding carboxylic acids is 4. The van der Waals surface area contributed by atoms with Gasteiger partial charge in [-0.15, -0.1) is 0 Å². The minimum absolute atomic E-state index is 0.0846. The minimum Gasteiger partial charge on any atom is -0.481 e. The zero-order valence-corrected chi connectivity index (χ0v) is 18.1. The van der Waals surface area contributed by atoms with Gasteiger partial charge in [-0.1, -0.05) is 0 Å². The van der Waals surface area contributed by atoms with Gasteiger partial charge in [-0.05, 0) is 25.7 Å². The molecule has 0 bridgehead atoms. The third kappa shape index (κ3) is 6.42. The molecule has 32 heavy (non-hydrogen) atoms. The predicted molar refractivity (Wildman–Crippen MR) is 106 cm³/mol. The number of fused-ring (bicyclic) bond motifs is 1. The normalized spacial score (nSPS) is 22.3. The van der Waals surface area contributed by atoms with E-state index in [2.05, 4.69) is 14.8 Å². The molecule has 2 saturated heterocycles. The van der Waals surface area contributed by atoms with Crippen molar-refractivity contribution in [2.75, 3.05) is 12.8 Å². The smallest absolute Gasteiger partial charge is 0.325 e. The van der Waals surface area contributed by atoms with Gasteiger partial charge in [0, 0.05) is 19.4 Å². The summed E-state index contributed by atoms with van der Waals surface area (Å²) in [5, 5.41) is 13.2. The van der Waals surface area contributed by atoms with E-state index in [9.17, 15) is 32.4 Å². The molecule has 2 rings (SSSR count). The molecule has 2 fully saturated rings. The molecular formula is C17H24N6O8S. The summed E-state index contributed by atoms with van der Waals surface area (Å²) in [5.74, 6) is -4.15. The lowest BCUT2D eigenvalue weighted by atomic mass is 10.0. The molecule has 0 unspecified atom stereocenters. The molecule has 0 saturated carbocycles. The van der Waals surface area contributed by atoms with Crippen molar-refractivity contribution < 1.29 is 42.3 Å². The number of hydrazine groups is 1. The Morgan fingerprint density at radius 1 is 1.31 bits per heavy atom. The number of carboxylic acids is 1. The van der Waals surface area contributed by atoms with Crippen LogP contribution in [0.4, 0.5) is 0 Å². The highest BCUT2D eigenvalue weighted by Gasteiger charge is 2.45. The summed E-state index contributed by atoms with van der Waals surface area (Å²) in [5.41, 5.74) is 8.58. The van der Waals surface area contributed by atoms with Crippen molar-refractivity contribution in [1.29, 1.82) is 0 Å². The summed E-state index contributed by atoms with van der Waals surface area (Å²) in [6.45, 7) is 0.151. The van der Waals surface area contributed by atoms with Gasteiger partial charge in [-0.25, -0.2) is 18.1 Å². The van der Waals surface area contributed by atoms with Gasteiger partial charge in [0.05, 0.1) is 12.3 Å². The molecule has 3 amide bonds. The second-order valence-electron chi connectivity index (χ2n) is 7.48. The molecule has 0 aromatic carbocycles. The molecule has 0 radical (unpaired) electrons. The van der Waals surface area contributed by atoms with Crippen molar-refractivity contribution in [2.24, 2.45) is 0 Å². The Hall–Kier alpha value is -3.16. The number of nitrogens with one attached hydrogen (secondary N) is 2. The quantitative estimate of drug-likeness (QED) is 0.188. The van der Waals surface area contributed by atoms with Crippen LogP contribution in [0, 0.1) is 0 Å². The highest BCUT2D eigenvalue weighted by molar-refractivity contribution is 7.88. The van der Waals surface area contributed by atoms with Crippen LogP contribution < -0.4 is 10.0 Å². The summed E-state index contributed by atoms with van der Waals surface area (Å²) in [6.07, 6.45) is 0.917. The van der Waals surface area contributed by atoms with Gasteiger partial charge in [0.15, 0.2) is 0 Å². The van der Waals surface area contributed by atoms with E-state index in [1.54, 1.807) is 0 Å². The van der Waals surface area contributed by atoms with Gasteiger partial charge in [0.25, 0.3) is 11.7 Å². The van der Waals surface area contributed by atoms with Crippen molar-refractivity contribution >= 4 is 45.7 Å². The zero-order valence-electron chi connectivity index (χ0n) is 17.3. The number of carbonyl (C=O) groups is 5. The standard InChI is InChI=1S/C17H24N6O8S/c1-32(30,31)21-11-4-6-14(25)22-8-2-3-12(23(22)17(11)29)16(28)20-10(5-7-15(26)27)13(24)9-19-18/h9-12,21H,2-8H2,1H3,(H,20,28)(H,26,27)/t10-,11-,12-/m0/s1. The molecule has 0 spiro atoms. The Bertz CT molecular complexity index is 960. The highest BCUT2D eigenvalue weighted by Crippen LogP contribution is 2.25. The first-order valence-electron chi connectivity index (χ1n) is 9.78. The fraction of sp³-hybridized carbons (Fsp3) is 0.647. The lowest BCUT2D eigenvalue weighted by molar-refractivity contribution is -0.176. The summed E-state index contributed by atoms with van der Waals surface area (Å²) in [7, 11) is -3.78. The van der Waals surface area contributed by atoms with Gasteiger partial charge in [-0.3, -0.25) is 29.0 Å². The molecule has 2 heterocycles. The van der Waals surface area contributed by atoms with Crippen LogP contribution in [0.2, 0.25) is 0 Å². The molecule has 0 aromatic heterocycles. The topological polar surface area (TPSA) is 207 Å². The molecule has 14 nitrogen and oxygen atoms in total. The van der Waals surface area contributed by atoms with Gasteiger partial charge in [0.2, 0.25) is 21.8 Å². The molecule has 0 aliphatic carbocycles. The van der Waals surface area contributed by atoms with Crippen molar-refractivity contribution in [3.8, 4) is 0 Å². The third-order valence-electron chi connectivity index (χ3n) is 5.01. The highest BCUT2D eigenvalue weighted by atomic mass is 32.2. The molecule has 176 valence electrons. The van der Waals surface area contributed by atoms with Crippen LogP contribution in [0.25, 0.3) is 5.53 Å². The number of ketones is 1.